The summed E-state index contributed by atoms with van der Waals surface area (Å²) < 4.78 is 0. The van der Waals surface area contributed by atoms with Crippen LogP contribution in [0.1, 0.15) is 32.6 Å². The van der Waals surface area contributed by atoms with E-state index in [1.165, 1.54) is 19.3 Å². The number of anilines is 1. The highest BCUT2D eigenvalue weighted by molar-refractivity contribution is 6.35. The maximum atomic E-state index is 13.1. The minimum atomic E-state index is -0.0210. The Labute approximate surface area is 165 Å². The van der Waals surface area contributed by atoms with Crippen LogP contribution in [0.2, 0.25) is 10.0 Å². The van der Waals surface area contributed by atoms with E-state index in [2.05, 4.69) is 22.0 Å². The topological polar surface area (TPSA) is 35.6 Å². The molecule has 4 atom stereocenters. The molecule has 3 fully saturated rings. The number of hydrogen-bond acceptors (Lipinski definition) is 2. The molecule has 3 aliphatic rings. The fourth-order valence-electron chi connectivity index (χ4n) is 5.08. The van der Waals surface area contributed by atoms with Crippen molar-refractivity contribution in [2.75, 3.05) is 31.5 Å². The normalized spacial score (nSPS) is 30.3. The van der Waals surface area contributed by atoms with Crippen LogP contribution in [0.5, 0.6) is 0 Å². The second kappa shape index (κ2) is 7.57. The first kappa shape index (κ1) is 18.4. The second-order valence-electron chi connectivity index (χ2n) is 8.08. The molecule has 0 spiro atoms. The van der Waals surface area contributed by atoms with E-state index in [-0.39, 0.29) is 6.03 Å². The molecular formula is C20H27Cl2N3O. The summed E-state index contributed by atoms with van der Waals surface area (Å²) in [5, 5.41) is 4.10. The molecule has 0 bridgehead atoms. The molecule has 1 N–H and O–H groups in total. The summed E-state index contributed by atoms with van der Waals surface area (Å²) in [5.74, 6) is 2.27. The lowest BCUT2D eigenvalue weighted by atomic mass is 10.1. The van der Waals surface area contributed by atoms with Crippen molar-refractivity contribution < 1.29 is 4.79 Å². The summed E-state index contributed by atoms with van der Waals surface area (Å²) in [4.78, 5) is 17.7. The first-order valence-electron chi connectivity index (χ1n) is 9.79. The third-order valence-electron chi connectivity index (χ3n) is 6.51. The maximum Gasteiger partial charge on any atom is 0.322 e. The summed E-state index contributed by atoms with van der Waals surface area (Å²) >= 11 is 12.2. The third-order valence-corrected chi connectivity index (χ3v) is 6.94. The zero-order chi connectivity index (χ0) is 18.3. The molecule has 2 saturated carbocycles. The number of nitrogens with zero attached hydrogens (tertiary/aromatic N) is 2. The number of likely N-dealkylation sites (tertiary alicyclic amines) is 1. The van der Waals surface area contributed by atoms with E-state index in [0.29, 0.717) is 27.7 Å². The molecule has 0 aromatic heterocycles. The molecule has 4 rings (SSSR count). The monoisotopic (exact) mass is 395 g/mol. The van der Waals surface area contributed by atoms with Crippen LogP contribution in [0.15, 0.2) is 18.2 Å². The molecule has 1 aromatic carbocycles. The minimum absolute atomic E-state index is 0.0210. The summed E-state index contributed by atoms with van der Waals surface area (Å²) in [6.45, 7) is 6.40. The summed E-state index contributed by atoms with van der Waals surface area (Å²) in [6.07, 6.45) is 4.94. The lowest BCUT2D eigenvalue weighted by Crippen LogP contribution is -2.47. The van der Waals surface area contributed by atoms with Crippen LogP contribution in [0.4, 0.5) is 10.5 Å². The predicted molar refractivity (Wildman–Crippen MR) is 107 cm³/mol. The zero-order valence-corrected chi connectivity index (χ0v) is 16.8. The number of halogens is 2. The van der Waals surface area contributed by atoms with Crippen molar-refractivity contribution in [1.82, 2.24) is 9.80 Å². The number of carbonyl (C=O) groups excluding carboxylic acids is 1. The van der Waals surface area contributed by atoms with E-state index in [0.717, 1.165) is 44.4 Å². The van der Waals surface area contributed by atoms with Crippen molar-refractivity contribution in [2.24, 2.45) is 17.8 Å². The fraction of sp³-hybridized carbons (Fsp3) is 0.650. The first-order chi connectivity index (χ1) is 12.5. The molecule has 1 aromatic rings. The second-order valence-corrected chi connectivity index (χ2v) is 8.95. The number of rotatable bonds is 5. The number of amides is 2. The Bertz CT molecular complexity index is 657. The van der Waals surface area contributed by atoms with Gasteiger partial charge in [0.05, 0.1) is 0 Å². The van der Waals surface area contributed by atoms with Crippen molar-refractivity contribution in [1.29, 1.82) is 0 Å². The van der Waals surface area contributed by atoms with Gasteiger partial charge in [0, 0.05) is 34.9 Å². The number of carbonyl (C=O) groups is 1. The zero-order valence-electron chi connectivity index (χ0n) is 15.3. The van der Waals surface area contributed by atoms with Crippen LogP contribution in [-0.4, -0.2) is 48.1 Å². The van der Waals surface area contributed by atoms with Gasteiger partial charge >= 0.3 is 6.03 Å². The Kier molecular flexibility index (Phi) is 5.36. The van der Waals surface area contributed by atoms with Gasteiger partial charge in [-0.1, -0.05) is 30.1 Å². The lowest BCUT2D eigenvalue weighted by molar-refractivity contribution is 0.165. The molecule has 26 heavy (non-hydrogen) atoms. The Hall–Kier alpha value is -0.970. The molecule has 2 amide bonds. The van der Waals surface area contributed by atoms with E-state index < -0.39 is 0 Å². The van der Waals surface area contributed by atoms with E-state index in [1.807, 2.05) is 0 Å². The van der Waals surface area contributed by atoms with Gasteiger partial charge in [0.25, 0.3) is 0 Å². The molecule has 2 aliphatic carbocycles. The van der Waals surface area contributed by atoms with Gasteiger partial charge in [0.15, 0.2) is 0 Å². The molecular weight excluding hydrogens is 369 g/mol. The number of hydrogen-bond donors (Lipinski definition) is 1. The van der Waals surface area contributed by atoms with Crippen LogP contribution in [0, 0.1) is 17.8 Å². The van der Waals surface area contributed by atoms with Gasteiger partial charge in [-0.25, -0.2) is 4.79 Å². The van der Waals surface area contributed by atoms with Gasteiger partial charge in [-0.15, -0.1) is 0 Å². The average Bonchev–Trinajstić information content (AvgIpc) is 3.00. The van der Waals surface area contributed by atoms with Crippen LogP contribution in [-0.2, 0) is 0 Å². The number of nitrogens with one attached hydrogen (secondary N) is 1. The van der Waals surface area contributed by atoms with E-state index >= 15 is 0 Å². The number of urea groups is 1. The highest BCUT2D eigenvalue weighted by Gasteiger charge is 2.57. The SMILES string of the molecule is CC1C2CCC(N(CCN3CCCC3)C(=O)Nc3cc(Cl)cc(Cl)c3)C12. The highest BCUT2D eigenvalue weighted by Crippen LogP contribution is 2.58. The largest absolute Gasteiger partial charge is 0.322 e. The van der Waals surface area contributed by atoms with Crippen molar-refractivity contribution >= 4 is 34.9 Å². The molecule has 4 nitrogen and oxygen atoms in total. The molecule has 4 unspecified atom stereocenters. The van der Waals surface area contributed by atoms with Crippen molar-refractivity contribution in [3.8, 4) is 0 Å². The van der Waals surface area contributed by atoms with Gasteiger partial charge in [-0.3, -0.25) is 0 Å². The van der Waals surface area contributed by atoms with Crippen molar-refractivity contribution in [2.45, 2.75) is 38.6 Å². The van der Waals surface area contributed by atoms with E-state index in [4.69, 9.17) is 23.2 Å². The van der Waals surface area contributed by atoms with Crippen molar-refractivity contribution in [3.63, 3.8) is 0 Å². The fourth-order valence-corrected chi connectivity index (χ4v) is 5.61. The molecule has 1 saturated heterocycles. The smallest absolute Gasteiger partial charge is 0.320 e. The number of fused-ring (bicyclic) bond motifs is 1. The average molecular weight is 396 g/mol. The summed E-state index contributed by atoms with van der Waals surface area (Å²) in [6, 6.07) is 5.53. The minimum Gasteiger partial charge on any atom is -0.320 e. The lowest BCUT2D eigenvalue weighted by Gasteiger charge is -2.32. The Balaban J connectivity index is 1.46. The number of benzene rings is 1. The van der Waals surface area contributed by atoms with Crippen LogP contribution < -0.4 is 5.32 Å². The Morgan fingerprint density at radius 3 is 2.50 bits per heavy atom. The van der Waals surface area contributed by atoms with Crippen LogP contribution in [0.25, 0.3) is 0 Å². The van der Waals surface area contributed by atoms with Crippen LogP contribution in [0.3, 0.4) is 0 Å². The Morgan fingerprint density at radius 2 is 1.88 bits per heavy atom. The van der Waals surface area contributed by atoms with E-state index in [1.54, 1.807) is 18.2 Å². The quantitative estimate of drug-likeness (QED) is 0.763. The van der Waals surface area contributed by atoms with E-state index in [9.17, 15) is 4.79 Å². The highest BCUT2D eigenvalue weighted by atomic mass is 35.5. The maximum absolute atomic E-state index is 13.1. The molecule has 1 aliphatic heterocycles. The third kappa shape index (κ3) is 3.83. The first-order valence-corrected chi connectivity index (χ1v) is 10.5. The van der Waals surface area contributed by atoms with Gasteiger partial charge in [0.2, 0.25) is 0 Å². The predicted octanol–water partition coefficient (Wildman–Crippen LogP) is 4.97. The molecule has 1 heterocycles. The van der Waals surface area contributed by atoms with Gasteiger partial charge in [0.1, 0.15) is 0 Å². The van der Waals surface area contributed by atoms with Gasteiger partial charge in [-0.2, -0.15) is 0 Å². The summed E-state index contributed by atoms with van der Waals surface area (Å²) in [5.41, 5.74) is 0.664. The Morgan fingerprint density at radius 1 is 1.19 bits per heavy atom. The standard InChI is InChI=1S/C20H27Cl2N3O/c1-13-17-4-5-18(19(13)17)25(9-8-24-6-2-3-7-24)20(26)23-16-11-14(21)10-15(22)12-16/h10-13,17-19H,2-9H2,1H3,(H,23,26). The molecule has 6 heteroatoms. The van der Waals surface area contributed by atoms with Gasteiger partial charge in [-0.05, 0) is 74.7 Å². The van der Waals surface area contributed by atoms with Crippen LogP contribution >= 0.6 is 23.2 Å². The van der Waals surface area contributed by atoms with Gasteiger partial charge < -0.3 is 15.1 Å². The van der Waals surface area contributed by atoms with Crippen molar-refractivity contribution in [3.05, 3.63) is 28.2 Å². The molecule has 142 valence electrons. The molecule has 0 radical (unpaired) electrons. The summed E-state index contributed by atoms with van der Waals surface area (Å²) in [7, 11) is 0.